The van der Waals surface area contributed by atoms with Gasteiger partial charge >= 0.3 is 0 Å². The SMILES string of the molecule is CCCCc1ccc(NCc2cc(C(N)=O)cs2)cc1. The predicted octanol–water partition coefficient (Wildman–Crippen LogP) is 3.80. The molecule has 106 valence electrons. The van der Waals surface area contributed by atoms with Gasteiger partial charge in [-0.1, -0.05) is 25.5 Å². The van der Waals surface area contributed by atoms with Crippen molar-refractivity contribution in [1.82, 2.24) is 0 Å². The van der Waals surface area contributed by atoms with Crippen molar-refractivity contribution in [3.05, 3.63) is 51.7 Å². The van der Waals surface area contributed by atoms with E-state index in [4.69, 9.17) is 5.73 Å². The molecule has 1 amide bonds. The fourth-order valence-corrected chi connectivity index (χ4v) is 2.77. The number of thiophene rings is 1. The Morgan fingerprint density at radius 2 is 2.05 bits per heavy atom. The smallest absolute Gasteiger partial charge is 0.249 e. The first kappa shape index (κ1) is 14.6. The van der Waals surface area contributed by atoms with Crippen LogP contribution in [0.5, 0.6) is 0 Å². The molecule has 0 bridgehead atoms. The first-order valence-corrected chi connectivity index (χ1v) is 7.77. The van der Waals surface area contributed by atoms with Gasteiger partial charge < -0.3 is 11.1 Å². The summed E-state index contributed by atoms with van der Waals surface area (Å²) in [5, 5.41) is 5.15. The van der Waals surface area contributed by atoms with Crippen LogP contribution in [-0.2, 0) is 13.0 Å². The van der Waals surface area contributed by atoms with E-state index in [1.54, 1.807) is 16.7 Å². The van der Waals surface area contributed by atoms with Crippen LogP contribution in [0.4, 0.5) is 5.69 Å². The Morgan fingerprint density at radius 3 is 2.65 bits per heavy atom. The summed E-state index contributed by atoms with van der Waals surface area (Å²) in [6.07, 6.45) is 3.60. The molecule has 3 nitrogen and oxygen atoms in total. The van der Waals surface area contributed by atoms with Crippen LogP contribution in [0.2, 0.25) is 0 Å². The summed E-state index contributed by atoms with van der Waals surface area (Å²) < 4.78 is 0. The van der Waals surface area contributed by atoms with Gasteiger partial charge in [-0.25, -0.2) is 0 Å². The van der Waals surface area contributed by atoms with Gasteiger partial charge in [-0.2, -0.15) is 0 Å². The van der Waals surface area contributed by atoms with Crippen LogP contribution in [-0.4, -0.2) is 5.91 Å². The number of unbranched alkanes of at least 4 members (excludes halogenated alkanes) is 1. The van der Waals surface area contributed by atoms with E-state index >= 15 is 0 Å². The number of carbonyl (C=O) groups excluding carboxylic acids is 1. The second kappa shape index (κ2) is 7.10. The molecule has 0 spiro atoms. The second-order valence-corrected chi connectivity index (χ2v) is 5.82. The highest BCUT2D eigenvalue weighted by Crippen LogP contribution is 2.17. The van der Waals surface area contributed by atoms with Crippen molar-refractivity contribution in [2.45, 2.75) is 32.7 Å². The molecule has 3 N–H and O–H groups in total. The van der Waals surface area contributed by atoms with E-state index < -0.39 is 0 Å². The van der Waals surface area contributed by atoms with Crippen molar-refractivity contribution in [1.29, 1.82) is 0 Å². The number of carbonyl (C=O) groups is 1. The predicted molar refractivity (Wildman–Crippen MR) is 85.2 cm³/mol. The quantitative estimate of drug-likeness (QED) is 0.814. The van der Waals surface area contributed by atoms with Gasteiger partial charge in [0.1, 0.15) is 0 Å². The molecule has 0 aliphatic rings. The highest BCUT2D eigenvalue weighted by molar-refractivity contribution is 7.10. The van der Waals surface area contributed by atoms with Gasteiger partial charge in [0.15, 0.2) is 0 Å². The first-order chi connectivity index (χ1) is 9.69. The van der Waals surface area contributed by atoms with Gasteiger partial charge in [-0.15, -0.1) is 11.3 Å². The molecule has 2 rings (SSSR count). The minimum atomic E-state index is -0.368. The number of aryl methyl sites for hydroxylation is 1. The zero-order chi connectivity index (χ0) is 14.4. The van der Waals surface area contributed by atoms with Crippen LogP contribution in [0.15, 0.2) is 35.7 Å². The Hall–Kier alpha value is -1.81. The fourth-order valence-electron chi connectivity index (χ4n) is 1.96. The van der Waals surface area contributed by atoms with E-state index in [0.717, 1.165) is 17.0 Å². The molecule has 0 aliphatic heterocycles. The lowest BCUT2D eigenvalue weighted by Gasteiger charge is -2.06. The standard InChI is InChI=1S/C16H20N2OS/c1-2-3-4-12-5-7-14(8-6-12)18-10-15-9-13(11-20-15)16(17)19/h5-9,11,18H,2-4,10H2,1H3,(H2,17,19). The van der Waals surface area contributed by atoms with Crippen molar-refractivity contribution >= 4 is 22.9 Å². The van der Waals surface area contributed by atoms with Crippen LogP contribution < -0.4 is 11.1 Å². The number of primary amides is 1. The molecule has 4 heteroatoms. The number of nitrogens with one attached hydrogen (secondary N) is 1. The van der Waals surface area contributed by atoms with Crippen LogP contribution >= 0.6 is 11.3 Å². The van der Waals surface area contributed by atoms with Gasteiger partial charge in [0.25, 0.3) is 0 Å². The lowest BCUT2D eigenvalue weighted by atomic mass is 10.1. The minimum absolute atomic E-state index is 0.368. The number of hydrogen-bond donors (Lipinski definition) is 2. The summed E-state index contributed by atoms with van der Waals surface area (Å²) in [7, 11) is 0. The normalized spacial score (nSPS) is 10.4. The van der Waals surface area contributed by atoms with Gasteiger partial charge in [-0.05, 0) is 36.6 Å². The van der Waals surface area contributed by atoms with E-state index in [9.17, 15) is 4.79 Å². The summed E-state index contributed by atoms with van der Waals surface area (Å²) >= 11 is 1.55. The van der Waals surface area contributed by atoms with E-state index in [1.807, 2.05) is 6.07 Å². The molecule has 0 saturated heterocycles. The third-order valence-corrected chi connectivity index (χ3v) is 4.11. The van der Waals surface area contributed by atoms with Gasteiger partial charge in [0, 0.05) is 22.5 Å². The van der Waals surface area contributed by atoms with Gasteiger partial charge in [0.05, 0.1) is 5.56 Å². The molecular weight excluding hydrogens is 268 g/mol. The number of amides is 1. The minimum Gasteiger partial charge on any atom is -0.380 e. The van der Waals surface area contributed by atoms with Crippen LogP contribution in [0.25, 0.3) is 0 Å². The van der Waals surface area contributed by atoms with Crippen molar-refractivity contribution in [2.75, 3.05) is 5.32 Å². The average Bonchev–Trinajstić information content (AvgIpc) is 2.93. The van der Waals surface area contributed by atoms with E-state index in [1.165, 1.54) is 18.4 Å². The molecule has 0 radical (unpaired) electrons. The molecule has 0 atom stereocenters. The molecule has 0 saturated carbocycles. The number of hydrogen-bond acceptors (Lipinski definition) is 3. The maximum absolute atomic E-state index is 11.0. The number of rotatable bonds is 7. The van der Waals surface area contributed by atoms with Crippen LogP contribution in [0.3, 0.4) is 0 Å². The Bertz CT molecular complexity index is 560. The third kappa shape index (κ3) is 4.10. The third-order valence-electron chi connectivity index (χ3n) is 3.18. The molecule has 1 aromatic carbocycles. The average molecular weight is 288 g/mol. The Morgan fingerprint density at radius 1 is 1.30 bits per heavy atom. The molecule has 0 aliphatic carbocycles. The first-order valence-electron chi connectivity index (χ1n) is 6.89. The molecule has 0 unspecified atom stereocenters. The number of anilines is 1. The van der Waals surface area contributed by atoms with Crippen molar-refractivity contribution < 1.29 is 4.79 Å². The van der Waals surface area contributed by atoms with Crippen molar-refractivity contribution in [2.24, 2.45) is 5.73 Å². The summed E-state index contributed by atoms with van der Waals surface area (Å²) in [6, 6.07) is 10.4. The molecule has 1 heterocycles. The Kier molecular flexibility index (Phi) is 5.18. The number of benzene rings is 1. The maximum atomic E-state index is 11.0. The molecule has 1 aromatic heterocycles. The summed E-state index contributed by atoms with van der Waals surface area (Å²) in [5.74, 6) is -0.368. The number of nitrogens with two attached hydrogens (primary N) is 1. The Balaban J connectivity index is 1.88. The summed E-state index contributed by atoms with van der Waals surface area (Å²) in [4.78, 5) is 12.1. The van der Waals surface area contributed by atoms with Crippen molar-refractivity contribution in [3.63, 3.8) is 0 Å². The van der Waals surface area contributed by atoms with Crippen molar-refractivity contribution in [3.8, 4) is 0 Å². The van der Waals surface area contributed by atoms with Gasteiger partial charge in [0.2, 0.25) is 5.91 Å². The van der Waals surface area contributed by atoms with Crippen LogP contribution in [0, 0.1) is 0 Å². The van der Waals surface area contributed by atoms with E-state index in [0.29, 0.717) is 12.1 Å². The van der Waals surface area contributed by atoms with Crippen LogP contribution in [0.1, 0.15) is 40.6 Å². The topological polar surface area (TPSA) is 55.1 Å². The molecule has 2 aromatic rings. The maximum Gasteiger partial charge on any atom is 0.249 e. The molecule has 0 fully saturated rings. The highest BCUT2D eigenvalue weighted by Gasteiger charge is 2.04. The zero-order valence-corrected chi connectivity index (χ0v) is 12.5. The highest BCUT2D eigenvalue weighted by atomic mass is 32.1. The largest absolute Gasteiger partial charge is 0.380 e. The van der Waals surface area contributed by atoms with Gasteiger partial charge in [-0.3, -0.25) is 4.79 Å². The summed E-state index contributed by atoms with van der Waals surface area (Å²) in [5.41, 5.74) is 8.30. The lowest BCUT2D eigenvalue weighted by molar-refractivity contribution is 0.100. The second-order valence-electron chi connectivity index (χ2n) is 4.82. The van der Waals surface area contributed by atoms with E-state index in [2.05, 4.69) is 36.5 Å². The Labute approximate surface area is 123 Å². The monoisotopic (exact) mass is 288 g/mol. The zero-order valence-electron chi connectivity index (χ0n) is 11.7. The van der Waals surface area contributed by atoms with E-state index in [-0.39, 0.29) is 5.91 Å². The molecular formula is C16H20N2OS. The molecule has 20 heavy (non-hydrogen) atoms. The fraction of sp³-hybridized carbons (Fsp3) is 0.312. The lowest BCUT2D eigenvalue weighted by Crippen LogP contribution is -2.09. The summed E-state index contributed by atoms with van der Waals surface area (Å²) in [6.45, 7) is 2.92.